The fourth-order valence-corrected chi connectivity index (χ4v) is 3.26. The Morgan fingerprint density at radius 2 is 1.62 bits per heavy atom. The Bertz CT molecular complexity index is 1180. The summed E-state index contributed by atoms with van der Waals surface area (Å²) in [4.78, 5) is 12.2. The Morgan fingerprint density at radius 1 is 1.07 bits per heavy atom. The van der Waals surface area contributed by atoms with E-state index in [0.717, 1.165) is 9.87 Å². The number of anilines is 1. The Hall–Kier alpha value is -2.82. The minimum Gasteiger partial charge on any atom is -0.493 e. The van der Waals surface area contributed by atoms with E-state index in [0.29, 0.717) is 40.1 Å². The van der Waals surface area contributed by atoms with Crippen molar-refractivity contribution < 1.29 is 17.9 Å². The van der Waals surface area contributed by atoms with Gasteiger partial charge in [-0.15, -0.1) is 12.4 Å². The molecule has 2 aromatic carbocycles. The summed E-state index contributed by atoms with van der Waals surface area (Å²) in [6, 6.07) is 10.2. The van der Waals surface area contributed by atoms with Crippen LogP contribution in [0, 0.1) is 0 Å². The lowest BCUT2D eigenvalue weighted by molar-refractivity contribution is 0.356. The van der Waals surface area contributed by atoms with Crippen LogP contribution in [0.3, 0.4) is 0 Å². The number of nitrogens with one attached hydrogen (secondary N) is 1. The van der Waals surface area contributed by atoms with Crippen LogP contribution in [0.5, 0.6) is 11.5 Å². The molecule has 0 radical (unpaired) electrons. The van der Waals surface area contributed by atoms with E-state index < -0.39 is 10.2 Å². The highest BCUT2D eigenvalue weighted by atomic mass is 35.5. The second kappa shape index (κ2) is 8.68. The van der Waals surface area contributed by atoms with E-state index in [1.165, 1.54) is 21.3 Å². The van der Waals surface area contributed by atoms with Crippen LogP contribution in [0.4, 0.5) is 5.69 Å². The average Bonchev–Trinajstić information content (AvgIpc) is 2.68. The van der Waals surface area contributed by atoms with Crippen LogP contribution in [0.2, 0.25) is 0 Å². The third-order valence-electron chi connectivity index (χ3n) is 4.42. The summed E-state index contributed by atoms with van der Waals surface area (Å²) < 4.78 is 34.4. The Labute approximate surface area is 174 Å². The van der Waals surface area contributed by atoms with E-state index in [1.54, 1.807) is 36.4 Å². The molecule has 3 N–H and O–H groups in total. The van der Waals surface area contributed by atoms with Gasteiger partial charge in [-0.3, -0.25) is 9.10 Å². The number of hydrogen-bond donors (Lipinski definition) is 2. The van der Waals surface area contributed by atoms with Gasteiger partial charge in [0, 0.05) is 18.9 Å². The van der Waals surface area contributed by atoms with Crippen molar-refractivity contribution in [3.63, 3.8) is 0 Å². The third-order valence-corrected chi connectivity index (χ3v) is 5.40. The summed E-state index contributed by atoms with van der Waals surface area (Å²) in [6.07, 6.45) is 0.419. The second-order valence-electron chi connectivity index (χ2n) is 6.11. The molecule has 0 aliphatic rings. The van der Waals surface area contributed by atoms with Gasteiger partial charge in [-0.2, -0.15) is 13.5 Å². The SMILES string of the molecule is COc1cc2c(Cc3ccc(N(C)S(N)(=O)=O)cc3)n[nH]c(=O)c2cc1OC.Cl. The summed E-state index contributed by atoms with van der Waals surface area (Å²) in [5.74, 6) is 0.946. The molecule has 1 aromatic heterocycles. The largest absolute Gasteiger partial charge is 0.493 e. The first-order valence-corrected chi connectivity index (χ1v) is 9.73. The number of halogens is 1. The Balaban J connectivity index is 0.00000300. The number of nitrogens with two attached hydrogens (primary N) is 1. The van der Waals surface area contributed by atoms with E-state index in [-0.39, 0.29) is 18.0 Å². The molecule has 3 rings (SSSR count). The highest BCUT2D eigenvalue weighted by Gasteiger charge is 2.15. The van der Waals surface area contributed by atoms with E-state index in [4.69, 9.17) is 14.6 Å². The van der Waals surface area contributed by atoms with Crippen LogP contribution in [0.25, 0.3) is 10.8 Å². The number of rotatable bonds is 6. The lowest BCUT2D eigenvalue weighted by Crippen LogP contribution is -2.33. The molecular weight excluding hydrogens is 420 g/mol. The second-order valence-corrected chi connectivity index (χ2v) is 7.69. The van der Waals surface area contributed by atoms with Crippen molar-refractivity contribution in [2.45, 2.75) is 6.42 Å². The van der Waals surface area contributed by atoms with Crippen molar-refractivity contribution in [1.29, 1.82) is 0 Å². The summed E-state index contributed by atoms with van der Waals surface area (Å²) in [5.41, 5.74) is 1.63. The third kappa shape index (κ3) is 4.61. The van der Waals surface area contributed by atoms with Crippen LogP contribution < -0.4 is 24.5 Å². The van der Waals surface area contributed by atoms with Gasteiger partial charge in [-0.1, -0.05) is 12.1 Å². The maximum Gasteiger partial charge on any atom is 0.298 e. The quantitative estimate of drug-likeness (QED) is 0.599. The maximum absolute atomic E-state index is 12.2. The number of benzene rings is 2. The van der Waals surface area contributed by atoms with E-state index >= 15 is 0 Å². The van der Waals surface area contributed by atoms with Gasteiger partial charge in [0.05, 0.1) is 31.0 Å². The zero-order valence-corrected chi connectivity index (χ0v) is 17.6. The predicted molar refractivity (Wildman–Crippen MR) is 113 cm³/mol. The molecular formula is C18H21ClN4O5S. The van der Waals surface area contributed by atoms with E-state index in [9.17, 15) is 13.2 Å². The molecule has 0 bridgehead atoms. The number of hydrogen-bond acceptors (Lipinski definition) is 6. The van der Waals surface area contributed by atoms with Crippen molar-refractivity contribution in [2.75, 3.05) is 25.6 Å². The van der Waals surface area contributed by atoms with Crippen LogP contribution >= 0.6 is 12.4 Å². The summed E-state index contributed by atoms with van der Waals surface area (Å²) in [7, 11) is 0.575. The number of methoxy groups -OCH3 is 2. The van der Waals surface area contributed by atoms with Crippen molar-refractivity contribution in [3.05, 3.63) is 58.0 Å². The molecule has 0 spiro atoms. The molecule has 0 unspecified atom stereocenters. The van der Waals surface area contributed by atoms with Crippen molar-refractivity contribution in [1.82, 2.24) is 10.2 Å². The Morgan fingerprint density at radius 3 is 2.14 bits per heavy atom. The van der Waals surface area contributed by atoms with Crippen LogP contribution in [0.1, 0.15) is 11.3 Å². The molecule has 0 saturated heterocycles. The molecule has 9 nitrogen and oxygen atoms in total. The number of aromatic nitrogens is 2. The molecule has 11 heteroatoms. The molecule has 0 atom stereocenters. The van der Waals surface area contributed by atoms with E-state index in [2.05, 4.69) is 10.2 Å². The maximum atomic E-state index is 12.2. The molecule has 156 valence electrons. The average molecular weight is 441 g/mol. The first-order valence-electron chi connectivity index (χ1n) is 8.23. The van der Waals surface area contributed by atoms with Gasteiger partial charge in [0.2, 0.25) is 0 Å². The molecule has 0 aliphatic carbocycles. The Kier molecular flexibility index (Phi) is 6.73. The molecule has 3 aromatic rings. The number of ether oxygens (including phenoxy) is 2. The zero-order valence-electron chi connectivity index (χ0n) is 16.0. The first-order chi connectivity index (χ1) is 13.2. The monoisotopic (exact) mass is 440 g/mol. The molecule has 0 saturated carbocycles. The predicted octanol–water partition coefficient (Wildman–Crippen LogP) is 1.59. The van der Waals surface area contributed by atoms with Gasteiger partial charge in [0.1, 0.15) is 0 Å². The number of fused-ring (bicyclic) bond motifs is 1. The lowest BCUT2D eigenvalue weighted by Gasteiger charge is -2.16. The summed E-state index contributed by atoms with van der Waals surface area (Å²) in [6.45, 7) is 0. The van der Waals surface area contributed by atoms with Crippen molar-refractivity contribution >= 4 is 39.1 Å². The van der Waals surface area contributed by atoms with Gasteiger partial charge in [-0.25, -0.2) is 10.2 Å². The van der Waals surface area contributed by atoms with E-state index in [1.807, 2.05) is 0 Å². The fourth-order valence-electron chi connectivity index (χ4n) is 2.84. The molecule has 0 amide bonds. The molecule has 0 aliphatic heterocycles. The normalized spacial score (nSPS) is 11.0. The van der Waals surface area contributed by atoms with Gasteiger partial charge in [-0.05, 0) is 29.8 Å². The summed E-state index contributed by atoms with van der Waals surface area (Å²) in [5, 5.41) is 12.9. The van der Waals surface area contributed by atoms with Gasteiger partial charge >= 0.3 is 0 Å². The van der Waals surface area contributed by atoms with Crippen molar-refractivity contribution in [2.24, 2.45) is 5.14 Å². The zero-order chi connectivity index (χ0) is 20.5. The van der Waals surface area contributed by atoms with Gasteiger partial charge < -0.3 is 9.47 Å². The highest BCUT2D eigenvalue weighted by Crippen LogP contribution is 2.32. The van der Waals surface area contributed by atoms with Crippen molar-refractivity contribution in [3.8, 4) is 11.5 Å². The number of nitrogens with zero attached hydrogens (tertiary/aromatic N) is 2. The van der Waals surface area contributed by atoms with Crippen LogP contribution in [-0.2, 0) is 16.6 Å². The molecule has 0 fully saturated rings. The number of H-pyrrole nitrogens is 1. The van der Waals surface area contributed by atoms with Gasteiger partial charge in [0.15, 0.2) is 11.5 Å². The lowest BCUT2D eigenvalue weighted by atomic mass is 10.0. The minimum atomic E-state index is -3.82. The molecule has 1 heterocycles. The topological polar surface area (TPSA) is 128 Å². The molecule has 29 heavy (non-hydrogen) atoms. The minimum absolute atomic E-state index is 0. The first kappa shape index (κ1) is 22.5. The van der Waals surface area contributed by atoms with Crippen LogP contribution in [0.15, 0.2) is 41.2 Å². The van der Waals surface area contributed by atoms with Gasteiger partial charge in [0.25, 0.3) is 15.8 Å². The fraction of sp³-hybridized carbons (Fsp3) is 0.222. The smallest absolute Gasteiger partial charge is 0.298 e. The highest BCUT2D eigenvalue weighted by molar-refractivity contribution is 7.90. The number of aromatic amines is 1. The summed E-state index contributed by atoms with van der Waals surface area (Å²) >= 11 is 0. The standard InChI is InChI=1S/C18H20N4O5S.ClH/c1-22(28(19,24)25)12-6-4-11(5-7-12)8-15-13-9-16(26-2)17(27-3)10-14(13)18(23)21-20-15;/h4-7,9-10H,8H2,1-3H3,(H,21,23)(H2,19,24,25);1H. The van der Waals surface area contributed by atoms with Crippen LogP contribution in [-0.4, -0.2) is 39.9 Å².